The fourth-order valence-electron chi connectivity index (χ4n) is 4.23. The van der Waals surface area contributed by atoms with E-state index in [0.29, 0.717) is 12.8 Å². The van der Waals surface area contributed by atoms with Crippen LogP contribution in [0, 0.1) is 11.3 Å². The lowest BCUT2D eigenvalue weighted by Gasteiger charge is -2.25. The number of ether oxygens (including phenoxy) is 1. The predicted octanol–water partition coefficient (Wildman–Crippen LogP) is 5.43. The Morgan fingerprint density at radius 1 is 1.07 bits per heavy atom. The molecule has 4 nitrogen and oxygen atoms in total. The maximum Gasteiger partial charge on any atom is 0.330 e. The third-order valence-corrected chi connectivity index (χ3v) is 5.55. The summed E-state index contributed by atoms with van der Waals surface area (Å²) in [6.45, 7) is 5.98. The van der Waals surface area contributed by atoms with Crippen LogP contribution in [0.2, 0.25) is 0 Å². The molecule has 3 rings (SSSR count). The first-order valence-electron chi connectivity index (χ1n) is 10.1. The highest BCUT2D eigenvalue weighted by Crippen LogP contribution is 2.44. The van der Waals surface area contributed by atoms with Crippen molar-refractivity contribution in [2.75, 3.05) is 6.61 Å². The van der Waals surface area contributed by atoms with Crippen LogP contribution >= 0.6 is 0 Å². The number of hydrogen-bond donors (Lipinski definition) is 1. The number of carbonyl (C=O) groups is 2. The molecule has 1 aliphatic carbocycles. The zero-order valence-corrected chi connectivity index (χ0v) is 17.2. The van der Waals surface area contributed by atoms with Crippen LogP contribution < -0.4 is 0 Å². The number of fused-ring (bicyclic) bond motifs is 3. The maximum absolute atomic E-state index is 12.2. The quantitative estimate of drug-likeness (QED) is 0.481. The van der Waals surface area contributed by atoms with Crippen molar-refractivity contribution in [3.8, 4) is 11.1 Å². The minimum Gasteiger partial charge on any atom is -0.481 e. The van der Waals surface area contributed by atoms with Gasteiger partial charge in [-0.25, -0.2) is 4.79 Å². The Morgan fingerprint density at radius 2 is 1.62 bits per heavy atom. The fourth-order valence-corrected chi connectivity index (χ4v) is 4.23. The summed E-state index contributed by atoms with van der Waals surface area (Å²) in [6.07, 6.45) is 3.83. The van der Waals surface area contributed by atoms with Crippen molar-refractivity contribution in [3.05, 3.63) is 71.8 Å². The van der Waals surface area contributed by atoms with E-state index in [1.165, 1.54) is 28.3 Å². The van der Waals surface area contributed by atoms with Gasteiger partial charge in [-0.2, -0.15) is 0 Å². The first-order chi connectivity index (χ1) is 13.8. The first kappa shape index (κ1) is 20.8. The van der Waals surface area contributed by atoms with Crippen molar-refractivity contribution >= 4 is 11.9 Å². The van der Waals surface area contributed by atoms with Crippen molar-refractivity contribution in [3.63, 3.8) is 0 Å². The van der Waals surface area contributed by atoms with E-state index in [-0.39, 0.29) is 18.4 Å². The Bertz CT molecular complexity index is 882. The second-order valence-corrected chi connectivity index (χ2v) is 8.43. The van der Waals surface area contributed by atoms with Crippen LogP contribution in [0.1, 0.15) is 50.7 Å². The molecule has 1 N–H and O–H groups in total. The van der Waals surface area contributed by atoms with Crippen LogP contribution in [0.25, 0.3) is 11.1 Å². The molecule has 4 heteroatoms. The molecule has 0 heterocycles. The number of rotatable bonds is 8. The Morgan fingerprint density at radius 3 is 2.14 bits per heavy atom. The zero-order valence-electron chi connectivity index (χ0n) is 17.2. The van der Waals surface area contributed by atoms with Crippen molar-refractivity contribution in [2.24, 2.45) is 11.3 Å². The van der Waals surface area contributed by atoms with Crippen molar-refractivity contribution < 1.29 is 19.4 Å². The minimum atomic E-state index is -0.881. The third-order valence-electron chi connectivity index (χ3n) is 5.55. The van der Waals surface area contributed by atoms with Gasteiger partial charge in [0, 0.05) is 12.0 Å². The normalized spacial score (nSPS) is 15.2. The lowest BCUT2D eigenvalue weighted by molar-refractivity contribution is -0.148. The monoisotopic (exact) mass is 392 g/mol. The molecule has 0 aromatic heterocycles. The molecular formula is C25H28O4. The van der Waals surface area contributed by atoms with E-state index in [1.54, 1.807) is 13.0 Å². The SMILES string of the molecule is CC(C)C[C@](C)(C/C=C/C(=O)OCC1c2ccccc2-c2ccccc21)C(=O)O. The Hall–Kier alpha value is -2.88. The molecule has 0 bridgehead atoms. The highest BCUT2D eigenvalue weighted by Gasteiger charge is 2.32. The largest absolute Gasteiger partial charge is 0.481 e. The zero-order chi connectivity index (χ0) is 21.0. The van der Waals surface area contributed by atoms with Crippen LogP contribution in [0.15, 0.2) is 60.7 Å². The molecular weight excluding hydrogens is 364 g/mol. The second kappa shape index (κ2) is 8.64. The van der Waals surface area contributed by atoms with Gasteiger partial charge in [-0.1, -0.05) is 68.5 Å². The third kappa shape index (κ3) is 4.58. The van der Waals surface area contributed by atoms with E-state index < -0.39 is 17.4 Å². The lowest BCUT2D eigenvalue weighted by Crippen LogP contribution is -2.28. The molecule has 1 aliphatic rings. The predicted molar refractivity (Wildman–Crippen MR) is 114 cm³/mol. The number of benzene rings is 2. The van der Waals surface area contributed by atoms with Gasteiger partial charge in [-0.05, 0) is 47.9 Å². The second-order valence-electron chi connectivity index (χ2n) is 8.43. The van der Waals surface area contributed by atoms with Crippen LogP contribution in [0.5, 0.6) is 0 Å². The number of allylic oxidation sites excluding steroid dienone is 1. The molecule has 0 fully saturated rings. The molecule has 1 atom stereocenters. The van der Waals surface area contributed by atoms with E-state index in [1.807, 2.05) is 38.1 Å². The lowest BCUT2D eigenvalue weighted by atomic mass is 9.79. The number of carbonyl (C=O) groups excluding carboxylic acids is 1. The molecule has 2 aromatic carbocycles. The Balaban J connectivity index is 1.64. The van der Waals surface area contributed by atoms with E-state index in [2.05, 4.69) is 24.3 Å². The number of aliphatic carboxylic acids is 1. The van der Waals surface area contributed by atoms with Crippen LogP contribution in [0.3, 0.4) is 0 Å². The fraction of sp³-hybridized carbons (Fsp3) is 0.360. The highest BCUT2D eigenvalue weighted by molar-refractivity contribution is 5.83. The number of hydrogen-bond acceptors (Lipinski definition) is 3. The summed E-state index contributed by atoms with van der Waals surface area (Å²) in [6, 6.07) is 16.4. The van der Waals surface area contributed by atoms with Crippen LogP contribution in [-0.2, 0) is 14.3 Å². The summed E-state index contributed by atoms with van der Waals surface area (Å²) in [5, 5.41) is 9.53. The minimum absolute atomic E-state index is 0.0185. The summed E-state index contributed by atoms with van der Waals surface area (Å²) in [4.78, 5) is 23.9. The Labute approximate surface area is 172 Å². The highest BCUT2D eigenvalue weighted by atomic mass is 16.5. The molecule has 0 aliphatic heterocycles. The van der Waals surface area contributed by atoms with Gasteiger partial charge >= 0.3 is 11.9 Å². The molecule has 2 aromatic rings. The number of carboxylic acid groups (broad SMARTS) is 1. The number of esters is 1. The number of carboxylic acids is 1. The first-order valence-corrected chi connectivity index (χ1v) is 10.1. The van der Waals surface area contributed by atoms with E-state index in [9.17, 15) is 14.7 Å². The summed E-state index contributed by atoms with van der Waals surface area (Å²) in [5.41, 5.74) is 3.83. The van der Waals surface area contributed by atoms with Crippen molar-refractivity contribution in [2.45, 2.75) is 39.5 Å². The molecule has 0 unspecified atom stereocenters. The van der Waals surface area contributed by atoms with E-state index in [4.69, 9.17) is 4.74 Å². The summed E-state index contributed by atoms with van der Waals surface area (Å²) < 4.78 is 5.52. The molecule has 0 spiro atoms. The molecule has 0 saturated heterocycles. The van der Waals surface area contributed by atoms with Gasteiger partial charge < -0.3 is 9.84 Å². The van der Waals surface area contributed by atoms with E-state index >= 15 is 0 Å². The van der Waals surface area contributed by atoms with Gasteiger partial charge in [-0.15, -0.1) is 0 Å². The topological polar surface area (TPSA) is 63.6 Å². The average molecular weight is 392 g/mol. The molecule has 29 heavy (non-hydrogen) atoms. The average Bonchev–Trinajstić information content (AvgIpc) is 2.99. The van der Waals surface area contributed by atoms with Crippen LogP contribution in [-0.4, -0.2) is 23.7 Å². The van der Waals surface area contributed by atoms with Crippen molar-refractivity contribution in [1.29, 1.82) is 0 Å². The van der Waals surface area contributed by atoms with Crippen molar-refractivity contribution in [1.82, 2.24) is 0 Å². The maximum atomic E-state index is 12.2. The summed E-state index contributed by atoms with van der Waals surface area (Å²) >= 11 is 0. The van der Waals surface area contributed by atoms with Gasteiger partial charge in [0.1, 0.15) is 6.61 Å². The summed E-state index contributed by atoms with van der Waals surface area (Å²) in [7, 11) is 0. The van der Waals surface area contributed by atoms with Gasteiger partial charge in [-0.3, -0.25) is 4.79 Å². The van der Waals surface area contributed by atoms with Gasteiger partial charge in [0.15, 0.2) is 0 Å². The standard InChI is InChI=1S/C25H28O4/c1-17(2)15-25(3,24(27)28)14-8-13-23(26)29-16-22-20-11-6-4-9-18(20)19-10-5-7-12-21(19)22/h4-13,17,22H,14-16H2,1-3H3,(H,27,28)/b13-8+/t25-/m0/s1. The van der Waals surface area contributed by atoms with Crippen LogP contribution in [0.4, 0.5) is 0 Å². The van der Waals surface area contributed by atoms with Gasteiger partial charge in [0.2, 0.25) is 0 Å². The van der Waals surface area contributed by atoms with Gasteiger partial charge in [0.05, 0.1) is 5.41 Å². The summed E-state index contributed by atoms with van der Waals surface area (Å²) in [5.74, 6) is -1.00. The molecule has 0 amide bonds. The van der Waals surface area contributed by atoms with Gasteiger partial charge in [0.25, 0.3) is 0 Å². The van der Waals surface area contributed by atoms with E-state index in [0.717, 1.165) is 0 Å². The molecule has 0 saturated carbocycles. The smallest absolute Gasteiger partial charge is 0.330 e. The molecule has 152 valence electrons. The molecule has 0 radical (unpaired) electrons. The Kier molecular flexibility index (Phi) is 6.21.